The Labute approximate surface area is 291 Å². The summed E-state index contributed by atoms with van der Waals surface area (Å²) < 4.78 is 4.86. The summed E-state index contributed by atoms with van der Waals surface area (Å²) in [6.45, 7) is 0. The number of aromatic nitrogens is 2. The quantitative estimate of drug-likeness (QED) is 0.182. The SMILES string of the molecule is c1ccc2c(c1)-c1cc(-c3ccc(-n4c5ccccc5c5ccc(-n6c7ccccc7c7ccccc76)cc54)cc3)ccc1C21CCCCC1. The number of fused-ring (bicyclic) bond motifs is 11. The van der Waals surface area contributed by atoms with E-state index in [4.69, 9.17) is 0 Å². The topological polar surface area (TPSA) is 9.86 Å². The molecule has 0 atom stereocenters. The molecule has 0 saturated heterocycles. The predicted molar refractivity (Wildman–Crippen MR) is 210 cm³/mol. The maximum absolute atomic E-state index is 2.46. The predicted octanol–water partition coefficient (Wildman–Crippen LogP) is 12.8. The molecule has 0 N–H and O–H groups in total. The van der Waals surface area contributed by atoms with Gasteiger partial charge >= 0.3 is 0 Å². The van der Waals surface area contributed by atoms with Crippen molar-refractivity contribution in [3.8, 4) is 33.6 Å². The number of hydrogen-bond donors (Lipinski definition) is 0. The molecule has 50 heavy (non-hydrogen) atoms. The molecule has 11 rings (SSSR count). The summed E-state index contributed by atoms with van der Waals surface area (Å²) >= 11 is 0. The summed E-state index contributed by atoms with van der Waals surface area (Å²) in [5.41, 5.74) is 15.9. The molecule has 2 aromatic heterocycles. The van der Waals surface area contributed by atoms with Crippen LogP contribution in [-0.2, 0) is 5.41 Å². The lowest BCUT2D eigenvalue weighted by Gasteiger charge is -2.36. The van der Waals surface area contributed by atoms with E-state index < -0.39 is 0 Å². The van der Waals surface area contributed by atoms with Gasteiger partial charge in [-0.25, -0.2) is 0 Å². The van der Waals surface area contributed by atoms with Crippen molar-refractivity contribution in [2.24, 2.45) is 0 Å². The number of benzene rings is 7. The Morgan fingerprint density at radius 3 is 1.56 bits per heavy atom. The zero-order valence-electron chi connectivity index (χ0n) is 27.9. The molecule has 0 bridgehead atoms. The van der Waals surface area contributed by atoms with Gasteiger partial charge < -0.3 is 9.13 Å². The van der Waals surface area contributed by atoms with Crippen LogP contribution in [0.15, 0.2) is 158 Å². The van der Waals surface area contributed by atoms with Gasteiger partial charge in [-0.05, 0) is 94.8 Å². The first-order valence-corrected chi connectivity index (χ1v) is 18.2. The Bertz CT molecular complexity index is 2730. The molecule has 0 unspecified atom stereocenters. The van der Waals surface area contributed by atoms with Gasteiger partial charge in [-0.15, -0.1) is 0 Å². The fourth-order valence-electron chi connectivity index (χ4n) is 9.72. The molecule has 0 amide bonds. The Kier molecular flexibility index (Phi) is 5.92. The average molecular weight is 641 g/mol. The summed E-state index contributed by atoms with van der Waals surface area (Å²) in [6, 6.07) is 59.0. The summed E-state index contributed by atoms with van der Waals surface area (Å²) in [6.07, 6.45) is 6.53. The third-order valence-electron chi connectivity index (χ3n) is 11.9. The number of hydrogen-bond acceptors (Lipinski definition) is 0. The minimum absolute atomic E-state index is 0.196. The van der Waals surface area contributed by atoms with E-state index in [1.807, 2.05) is 0 Å². The van der Waals surface area contributed by atoms with E-state index in [1.165, 1.54) is 109 Å². The summed E-state index contributed by atoms with van der Waals surface area (Å²) in [4.78, 5) is 0. The van der Waals surface area contributed by atoms with Crippen LogP contribution in [0.1, 0.15) is 43.2 Å². The molecule has 0 aliphatic heterocycles. The van der Waals surface area contributed by atoms with Crippen LogP contribution in [0.2, 0.25) is 0 Å². The van der Waals surface area contributed by atoms with Gasteiger partial charge in [0.2, 0.25) is 0 Å². The molecular weight excluding hydrogens is 605 g/mol. The molecule has 7 aromatic carbocycles. The highest BCUT2D eigenvalue weighted by Gasteiger charge is 2.43. The van der Waals surface area contributed by atoms with Gasteiger partial charge in [0.25, 0.3) is 0 Å². The number of para-hydroxylation sites is 3. The van der Waals surface area contributed by atoms with Crippen molar-refractivity contribution >= 4 is 43.6 Å². The minimum atomic E-state index is 0.196. The van der Waals surface area contributed by atoms with E-state index >= 15 is 0 Å². The Morgan fingerprint density at radius 2 is 0.880 bits per heavy atom. The molecule has 2 nitrogen and oxygen atoms in total. The number of nitrogens with zero attached hydrogens (tertiary/aromatic N) is 2. The smallest absolute Gasteiger partial charge is 0.0561 e. The van der Waals surface area contributed by atoms with E-state index in [9.17, 15) is 0 Å². The van der Waals surface area contributed by atoms with Crippen LogP contribution < -0.4 is 0 Å². The molecule has 1 spiro atoms. The molecule has 2 heterocycles. The van der Waals surface area contributed by atoms with Crippen LogP contribution in [0, 0.1) is 0 Å². The van der Waals surface area contributed by atoms with E-state index in [1.54, 1.807) is 11.1 Å². The Hall–Kier alpha value is -5.86. The summed E-state index contributed by atoms with van der Waals surface area (Å²) in [7, 11) is 0. The summed E-state index contributed by atoms with van der Waals surface area (Å²) in [5, 5.41) is 5.10. The lowest BCUT2D eigenvalue weighted by atomic mass is 9.68. The number of rotatable bonds is 3. The highest BCUT2D eigenvalue weighted by Crippen LogP contribution is 2.56. The average Bonchev–Trinajstić information content (AvgIpc) is 3.79. The third kappa shape index (κ3) is 3.85. The van der Waals surface area contributed by atoms with Crippen molar-refractivity contribution in [2.45, 2.75) is 37.5 Å². The lowest BCUT2D eigenvalue weighted by molar-refractivity contribution is 0.353. The van der Waals surface area contributed by atoms with E-state index in [0.717, 1.165) is 0 Å². The Morgan fingerprint density at radius 1 is 0.360 bits per heavy atom. The largest absolute Gasteiger partial charge is 0.309 e. The maximum Gasteiger partial charge on any atom is 0.0561 e. The van der Waals surface area contributed by atoms with Crippen LogP contribution in [0.4, 0.5) is 0 Å². The standard InChI is InChI=1S/C48H36N2/c1-10-28-48(29-11-1)42-16-6-2-12-36(42)41-30-33(22-27-43(41)48)32-20-23-34(24-21-32)49-44-17-7-5-15-39(44)40-26-25-35(31-47(40)49)50-45-18-8-3-13-37(45)38-14-4-9-19-46(38)50/h2-9,12-27,30-31H,1,10-11,28-29H2. The van der Waals surface area contributed by atoms with Crippen LogP contribution in [0.5, 0.6) is 0 Å². The van der Waals surface area contributed by atoms with Crippen molar-refractivity contribution < 1.29 is 0 Å². The molecule has 2 aliphatic rings. The normalized spacial score (nSPS) is 15.0. The maximum atomic E-state index is 2.46. The second-order valence-corrected chi connectivity index (χ2v) is 14.4. The van der Waals surface area contributed by atoms with Gasteiger partial charge in [0, 0.05) is 38.3 Å². The van der Waals surface area contributed by atoms with Gasteiger partial charge in [0.15, 0.2) is 0 Å². The zero-order chi connectivity index (χ0) is 32.8. The highest BCUT2D eigenvalue weighted by molar-refractivity contribution is 6.12. The second-order valence-electron chi connectivity index (χ2n) is 14.4. The monoisotopic (exact) mass is 640 g/mol. The minimum Gasteiger partial charge on any atom is -0.309 e. The lowest BCUT2D eigenvalue weighted by Crippen LogP contribution is -2.27. The summed E-state index contributed by atoms with van der Waals surface area (Å²) in [5.74, 6) is 0. The molecular formula is C48H36N2. The van der Waals surface area contributed by atoms with Crippen LogP contribution >= 0.6 is 0 Å². The van der Waals surface area contributed by atoms with Crippen molar-refractivity contribution in [3.63, 3.8) is 0 Å². The Balaban J connectivity index is 1.05. The first kappa shape index (κ1) is 28.0. The van der Waals surface area contributed by atoms with Gasteiger partial charge in [0.1, 0.15) is 0 Å². The molecule has 1 saturated carbocycles. The van der Waals surface area contributed by atoms with Crippen LogP contribution in [0.3, 0.4) is 0 Å². The first-order chi connectivity index (χ1) is 24.8. The van der Waals surface area contributed by atoms with Crippen molar-refractivity contribution in [1.82, 2.24) is 9.13 Å². The van der Waals surface area contributed by atoms with Gasteiger partial charge in [-0.2, -0.15) is 0 Å². The first-order valence-electron chi connectivity index (χ1n) is 18.2. The molecule has 9 aromatic rings. The zero-order valence-corrected chi connectivity index (χ0v) is 27.9. The highest BCUT2D eigenvalue weighted by atomic mass is 15.0. The van der Waals surface area contributed by atoms with E-state index in [-0.39, 0.29) is 5.41 Å². The van der Waals surface area contributed by atoms with Crippen LogP contribution in [0.25, 0.3) is 77.2 Å². The molecule has 0 radical (unpaired) electrons. The second kappa shape index (κ2) is 10.6. The van der Waals surface area contributed by atoms with Crippen molar-refractivity contribution in [1.29, 1.82) is 0 Å². The van der Waals surface area contributed by atoms with Crippen molar-refractivity contribution in [3.05, 3.63) is 169 Å². The fourth-order valence-corrected chi connectivity index (χ4v) is 9.72. The molecule has 2 aliphatic carbocycles. The molecule has 238 valence electrons. The third-order valence-corrected chi connectivity index (χ3v) is 11.9. The van der Waals surface area contributed by atoms with Crippen molar-refractivity contribution in [2.75, 3.05) is 0 Å². The molecule has 2 heteroatoms. The van der Waals surface area contributed by atoms with Gasteiger partial charge in [0.05, 0.1) is 22.1 Å². The fraction of sp³-hybridized carbons (Fsp3) is 0.125. The van der Waals surface area contributed by atoms with Gasteiger partial charge in [-0.1, -0.05) is 128 Å². The molecule has 1 fully saturated rings. The van der Waals surface area contributed by atoms with Crippen LogP contribution in [-0.4, -0.2) is 9.13 Å². The van der Waals surface area contributed by atoms with Gasteiger partial charge in [-0.3, -0.25) is 0 Å². The van der Waals surface area contributed by atoms with E-state index in [0.29, 0.717) is 0 Å². The van der Waals surface area contributed by atoms with E-state index in [2.05, 4.69) is 167 Å².